The normalized spacial score (nSPS) is 14.4. The summed E-state index contributed by atoms with van der Waals surface area (Å²) >= 11 is 5.24. The summed E-state index contributed by atoms with van der Waals surface area (Å²) in [5.74, 6) is -0.0491. The van der Waals surface area contributed by atoms with Gasteiger partial charge >= 0.3 is 0 Å². The highest BCUT2D eigenvalue weighted by Crippen LogP contribution is 2.13. The van der Waals surface area contributed by atoms with Gasteiger partial charge < -0.3 is 15.1 Å². The second-order valence-electron chi connectivity index (χ2n) is 7.01. The Morgan fingerprint density at radius 2 is 1.71 bits per heavy atom. The smallest absolute Gasteiger partial charge is 0.244 e. The van der Waals surface area contributed by atoms with Gasteiger partial charge in [0.25, 0.3) is 0 Å². The van der Waals surface area contributed by atoms with Crippen molar-refractivity contribution in [3.63, 3.8) is 0 Å². The zero-order chi connectivity index (χ0) is 19.8. The van der Waals surface area contributed by atoms with Gasteiger partial charge in [-0.15, -0.1) is 0 Å². The van der Waals surface area contributed by atoms with Crippen molar-refractivity contribution in [2.45, 2.75) is 13.3 Å². The number of anilines is 2. The first-order valence-electron chi connectivity index (χ1n) is 9.67. The predicted octanol–water partition coefficient (Wildman–Crippen LogP) is 1.11. The highest BCUT2D eigenvalue weighted by atomic mass is 32.1. The van der Waals surface area contributed by atoms with E-state index in [4.69, 9.17) is 12.2 Å². The van der Waals surface area contributed by atoms with Crippen molar-refractivity contribution in [2.75, 3.05) is 42.9 Å². The van der Waals surface area contributed by atoms with Gasteiger partial charge in [0, 0.05) is 11.4 Å². The molecule has 1 amide bonds. The van der Waals surface area contributed by atoms with Crippen LogP contribution in [0.1, 0.15) is 12.0 Å². The number of hydrogen-bond donors (Lipinski definition) is 4. The zero-order valence-corrected chi connectivity index (χ0v) is 17.0. The van der Waals surface area contributed by atoms with Gasteiger partial charge in [-0.05, 0) is 42.9 Å². The second-order valence-corrected chi connectivity index (χ2v) is 7.42. The number of carbonyl (C=O) groups is 1. The molecule has 0 atom stereocenters. The Morgan fingerprint density at radius 1 is 1.04 bits per heavy atom. The third-order valence-electron chi connectivity index (χ3n) is 5.01. The van der Waals surface area contributed by atoms with Crippen molar-refractivity contribution in [3.8, 4) is 0 Å². The van der Waals surface area contributed by atoms with Crippen LogP contribution in [0.2, 0.25) is 0 Å². The van der Waals surface area contributed by atoms with E-state index in [1.54, 1.807) is 0 Å². The molecule has 1 saturated heterocycles. The molecule has 28 heavy (non-hydrogen) atoms. The minimum Gasteiger partial charge on any atom is -0.360 e. The molecular formula is C21H28N5OS+. The quantitative estimate of drug-likeness (QED) is 0.449. The molecule has 4 N–H and O–H groups in total. The molecule has 2 aromatic carbocycles. The Kier molecular flexibility index (Phi) is 7.22. The Balaban J connectivity index is 1.33. The number of thiocarbonyl (C=S) groups is 1. The number of hydrazine groups is 1. The molecule has 0 aromatic heterocycles. The Hall–Kier alpha value is -2.64. The summed E-state index contributed by atoms with van der Waals surface area (Å²) in [6, 6.07) is 18.4. The number of carbonyl (C=O) groups excluding carboxylic acids is 1. The van der Waals surface area contributed by atoms with Crippen molar-refractivity contribution < 1.29 is 9.69 Å². The van der Waals surface area contributed by atoms with Gasteiger partial charge in [0.15, 0.2) is 5.11 Å². The fraction of sp³-hybridized carbons (Fsp3) is 0.333. The van der Waals surface area contributed by atoms with E-state index in [2.05, 4.69) is 45.3 Å². The van der Waals surface area contributed by atoms with Crippen LogP contribution in [0.15, 0.2) is 54.6 Å². The third kappa shape index (κ3) is 5.94. The van der Waals surface area contributed by atoms with Crippen LogP contribution in [0, 0.1) is 6.92 Å². The Morgan fingerprint density at radius 3 is 2.43 bits per heavy atom. The lowest BCUT2D eigenvalue weighted by Gasteiger charge is -2.33. The van der Waals surface area contributed by atoms with Gasteiger partial charge in [-0.3, -0.25) is 15.6 Å². The molecule has 148 valence electrons. The van der Waals surface area contributed by atoms with E-state index < -0.39 is 0 Å². The topological polar surface area (TPSA) is 60.8 Å². The largest absolute Gasteiger partial charge is 0.360 e. The first-order valence-corrected chi connectivity index (χ1v) is 10.1. The molecular weight excluding hydrogens is 370 g/mol. The molecule has 7 heteroatoms. The minimum atomic E-state index is -0.0491. The number of benzene rings is 2. The molecule has 0 spiro atoms. The van der Waals surface area contributed by atoms with Crippen molar-refractivity contribution in [1.29, 1.82) is 0 Å². The van der Waals surface area contributed by atoms with Gasteiger partial charge in [-0.1, -0.05) is 36.4 Å². The first kappa shape index (κ1) is 20.1. The van der Waals surface area contributed by atoms with Crippen LogP contribution in [-0.2, 0) is 4.79 Å². The molecule has 0 bridgehead atoms. The van der Waals surface area contributed by atoms with Crippen LogP contribution < -0.4 is 26.0 Å². The summed E-state index contributed by atoms with van der Waals surface area (Å²) in [4.78, 5) is 16.0. The van der Waals surface area contributed by atoms with Gasteiger partial charge in [-0.25, -0.2) is 0 Å². The summed E-state index contributed by atoms with van der Waals surface area (Å²) in [7, 11) is 0. The third-order valence-corrected chi connectivity index (χ3v) is 5.21. The molecule has 0 unspecified atom stereocenters. The van der Waals surface area contributed by atoms with Crippen LogP contribution in [0.3, 0.4) is 0 Å². The van der Waals surface area contributed by atoms with Gasteiger partial charge in [0.1, 0.15) is 0 Å². The predicted molar refractivity (Wildman–Crippen MR) is 118 cm³/mol. The zero-order valence-electron chi connectivity index (χ0n) is 16.2. The van der Waals surface area contributed by atoms with Crippen LogP contribution >= 0.6 is 12.2 Å². The van der Waals surface area contributed by atoms with Gasteiger partial charge in [0.2, 0.25) is 5.91 Å². The Labute approximate surface area is 171 Å². The van der Waals surface area contributed by atoms with E-state index >= 15 is 0 Å². The van der Waals surface area contributed by atoms with Gasteiger partial charge in [0.05, 0.1) is 39.1 Å². The average Bonchev–Trinajstić information content (AvgIpc) is 2.73. The number of nitrogens with one attached hydrogen (secondary N) is 4. The number of rotatable bonds is 5. The number of nitrogens with zero attached hydrogens (tertiary/aromatic N) is 1. The van der Waals surface area contributed by atoms with E-state index in [-0.39, 0.29) is 5.91 Å². The lowest BCUT2D eigenvalue weighted by molar-refractivity contribution is -0.900. The number of piperazine rings is 1. The molecule has 3 rings (SSSR count). The lowest BCUT2D eigenvalue weighted by atomic mass is 10.2. The molecule has 1 aliphatic heterocycles. The fourth-order valence-corrected chi connectivity index (χ4v) is 3.48. The fourth-order valence-electron chi connectivity index (χ4n) is 3.32. The van der Waals surface area contributed by atoms with E-state index in [1.807, 2.05) is 37.3 Å². The number of hydrogen-bond acceptors (Lipinski definition) is 3. The summed E-state index contributed by atoms with van der Waals surface area (Å²) in [5, 5.41) is 3.47. The van der Waals surface area contributed by atoms with E-state index in [9.17, 15) is 4.79 Å². The minimum absolute atomic E-state index is 0.0491. The molecule has 6 nitrogen and oxygen atoms in total. The van der Waals surface area contributed by atoms with Gasteiger partial charge in [-0.2, -0.15) is 0 Å². The summed E-state index contributed by atoms with van der Waals surface area (Å²) in [6.07, 6.45) is 0.473. The number of aryl methyl sites for hydroxylation is 1. The van der Waals surface area contributed by atoms with Crippen molar-refractivity contribution in [3.05, 3.63) is 60.2 Å². The highest BCUT2D eigenvalue weighted by Gasteiger charge is 2.20. The maximum Gasteiger partial charge on any atom is 0.244 e. The van der Waals surface area contributed by atoms with Crippen LogP contribution in [0.5, 0.6) is 0 Å². The van der Waals surface area contributed by atoms with Crippen LogP contribution in [0.25, 0.3) is 0 Å². The lowest BCUT2D eigenvalue weighted by Crippen LogP contribution is -3.15. The van der Waals surface area contributed by atoms with E-state index in [0.717, 1.165) is 44.0 Å². The van der Waals surface area contributed by atoms with Crippen molar-refractivity contribution in [1.82, 2.24) is 10.9 Å². The molecule has 0 radical (unpaired) electrons. The first-order chi connectivity index (χ1) is 13.6. The molecule has 0 saturated carbocycles. The van der Waals surface area contributed by atoms with Crippen molar-refractivity contribution >= 4 is 34.6 Å². The number of quaternary nitrogens is 1. The van der Waals surface area contributed by atoms with Crippen LogP contribution in [0.4, 0.5) is 11.4 Å². The SMILES string of the molecule is Cc1ccccc1NC(=S)NNC(=O)CC[NH+]1CCN(c2ccccc2)CC1. The molecule has 2 aromatic rings. The molecule has 1 heterocycles. The summed E-state index contributed by atoms with van der Waals surface area (Å²) < 4.78 is 0. The standard InChI is InChI=1S/C21H27N5OS/c1-17-7-5-6-10-19(17)22-21(28)24-23-20(27)11-12-25-13-15-26(16-14-25)18-8-3-2-4-9-18/h2-10H,11-16H2,1H3,(H,23,27)(H2,22,24,28)/p+1. The molecule has 1 fully saturated rings. The van der Waals surface area contributed by atoms with Crippen LogP contribution in [-0.4, -0.2) is 43.7 Å². The van der Waals surface area contributed by atoms with Crippen molar-refractivity contribution in [2.24, 2.45) is 0 Å². The number of para-hydroxylation sites is 2. The van der Waals surface area contributed by atoms with E-state index in [1.165, 1.54) is 10.6 Å². The summed E-state index contributed by atoms with van der Waals surface area (Å²) in [5.41, 5.74) is 8.75. The second kappa shape index (κ2) is 10.1. The average molecular weight is 399 g/mol. The molecule has 0 aliphatic carbocycles. The maximum absolute atomic E-state index is 12.1. The van der Waals surface area contributed by atoms with E-state index in [0.29, 0.717) is 11.5 Å². The molecule has 1 aliphatic rings. The summed E-state index contributed by atoms with van der Waals surface area (Å²) in [6.45, 7) is 6.96. The monoisotopic (exact) mass is 398 g/mol. The maximum atomic E-state index is 12.1. The number of amides is 1. The Bertz CT molecular complexity index is 790. The highest BCUT2D eigenvalue weighted by molar-refractivity contribution is 7.80.